The third kappa shape index (κ3) is 4.98. The van der Waals surface area contributed by atoms with Gasteiger partial charge in [0.1, 0.15) is 40.5 Å². The van der Waals surface area contributed by atoms with Crippen LogP contribution in [0, 0.1) is 0 Å². The molecular formula is C51H34N4O2. The Balaban J connectivity index is 0.999. The number of furan rings is 2. The fraction of sp³-hybridized carbons (Fsp3) is 0.0392. The SMILES string of the molecule is c1ccc(C2N=C(c3cccc4c3oc3ccc(-c5cccc6c5oc5cccc(-n7c8ccccc8c8ccccc87)c56)cc34)NC(c3ccccc3)N2)cc1. The van der Waals surface area contributed by atoms with E-state index in [2.05, 4.69) is 185 Å². The molecule has 0 radical (unpaired) electrons. The molecule has 2 atom stereocenters. The van der Waals surface area contributed by atoms with Crippen LogP contribution in [0.5, 0.6) is 0 Å². The minimum Gasteiger partial charge on any atom is -0.455 e. The Hall–Kier alpha value is -7.41. The molecule has 3 aromatic heterocycles. The molecule has 0 saturated carbocycles. The molecule has 6 nitrogen and oxygen atoms in total. The van der Waals surface area contributed by atoms with Crippen molar-refractivity contribution in [3.05, 3.63) is 199 Å². The number of hydrogen-bond donors (Lipinski definition) is 2. The number of aliphatic imine (C=N–C) groups is 1. The summed E-state index contributed by atoms with van der Waals surface area (Å²) in [4.78, 5) is 5.22. The predicted octanol–water partition coefficient (Wildman–Crippen LogP) is 12.6. The Morgan fingerprint density at radius 3 is 1.86 bits per heavy atom. The van der Waals surface area contributed by atoms with E-state index in [-0.39, 0.29) is 12.3 Å². The first-order chi connectivity index (χ1) is 28.3. The van der Waals surface area contributed by atoms with Crippen LogP contribution in [0.4, 0.5) is 0 Å². The highest BCUT2D eigenvalue weighted by Crippen LogP contribution is 2.43. The largest absolute Gasteiger partial charge is 0.455 e. The van der Waals surface area contributed by atoms with Gasteiger partial charge in [0, 0.05) is 32.5 Å². The van der Waals surface area contributed by atoms with Gasteiger partial charge in [-0.15, -0.1) is 0 Å². The van der Waals surface area contributed by atoms with Gasteiger partial charge in [-0.2, -0.15) is 0 Å². The maximum Gasteiger partial charge on any atom is 0.146 e. The van der Waals surface area contributed by atoms with Crippen LogP contribution in [0.2, 0.25) is 0 Å². The van der Waals surface area contributed by atoms with Gasteiger partial charge in [0.25, 0.3) is 0 Å². The van der Waals surface area contributed by atoms with Crippen molar-refractivity contribution in [2.24, 2.45) is 4.99 Å². The summed E-state index contributed by atoms with van der Waals surface area (Å²) in [5.41, 5.74) is 12.0. The molecule has 2 N–H and O–H groups in total. The van der Waals surface area contributed by atoms with Gasteiger partial charge in [-0.05, 0) is 59.2 Å². The summed E-state index contributed by atoms with van der Waals surface area (Å²) in [5.74, 6) is 0.785. The zero-order valence-corrected chi connectivity index (χ0v) is 30.7. The van der Waals surface area contributed by atoms with E-state index >= 15 is 0 Å². The molecule has 270 valence electrons. The van der Waals surface area contributed by atoms with Gasteiger partial charge < -0.3 is 18.7 Å². The number of nitrogens with one attached hydrogen (secondary N) is 2. The lowest BCUT2D eigenvalue weighted by molar-refractivity contribution is 0.409. The smallest absolute Gasteiger partial charge is 0.146 e. The van der Waals surface area contributed by atoms with Crippen molar-refractivity contribution in [2.75, 3.05) is 0 Å². The Morgan fingerprint density at radius 2 is 1.09 bits per heavy atom. The summed E-state index contributed by atoms with van der Waals surface area (Å²) in [6.07, 6.45) is -0.381. The van der Waals surface area contributed by atoms with E-state index in [1.807, 2.05) is 12.1 Å². The van der Waals surface area contributed by atoms with E-state index in [1.54, 1.807) is 0 Å². The van der Waals surface area contributed by atoms with Gasteiger partial charge in [0.15, 0.2) is 0 Å². The van der Waals surface area contributed by atoms with Gasteiger partial charge in [-0.3, -0.25) is 5.32 Å². The number of fused-ring (bicyclic) bond motifs is 9. The van der Waals surface area contributed by atoms with E-state index in [1.165, 1.54) is 21.8 Å². The quantitative estimate of drug-likeness (QED) is 0.185. The molecular weight excluding hydrogens is 701 g/mol. The molecule has 0 aliphatic carbocycles. The van der Waals surface area contributed by atoms with Crippen molar-refractivity contribution in [1.29, 1.82) is 0 Å². The number of hydrogen-bond acceptors (Lipinski definition) is 5. The first kappa shape index (κ1) is 31.9. The van der Waals surface area contributed by atoms with Crippen LogP contribution in [0.3, 0.4) is 0 Å². The second kappa shape index (κ2) is 12.6. The van der Waals surface area contributed by atoms with Crippen LogP contribution >= 0.6 is 0 Å². The van der Waals surface area contributed by atoms with Gasteiger partial charge in [0.05, 0.1) is 27.7 Å². The molecule has 4 heterocycles. The number of para-hydroxylation sites is 4. The summed E-state index contributed by atoms with van der Waals surface area (Å²) in [5, 5.41) is 14.1. The van der Waals surface area contributed by atoms with Crippen molar-refractivity contribution in [2.45, 2.75) is 12.3 Å². The minimum atomic E-state index is -0.237. The van der Waals surface area contributed by atoms with Crippen molar-refractivity contribution >= 4 is 71.5 Å². The number of rotatable bonds is 5. The minimum absolute atomic E-state index is 0.144. The monoisotopic (exact) mass is 734 g/mol. The lowest BCUT2D eigenvalue weighted by Gasteiger charge is -2.32. The van der Waals surface area contributed by atoms with Gasteiger partial charge >= 0.3 is 0 Å². The molecule has 0 saturated heterocycles. The maximum atomic E-state index is 6.81. The topological polar surface area (TPSA) is 67.6 Å². The highest BCUT2D eigenvalue weighted by molar-refractivity contribution is 6.18. The molecule has 11 aromatic rings. The number of aromatic nitrogens is 1. The second-order valence-electron chi connectivity index (χ2n) is 14.7. The Bertz CT molecular complexity index is 3320. The molecule has 0 spiro atoms. The molecule has 12 rings (SSSR count). The molecule has 1 aliphatic heterocycles. The molecule has 0 bridgehead atoms. The van der Waals surface area contributed by atoms with Crippen LogP contribution < -0.4 is 10.6 Å². The van der Waals surface area contributed by atoms with Gasteiger partial charge in [-0.1, -0.05) is 140 Å². The summed E-state index contributed by atoms with van der Waals surface area (Å²) < 4.78 is 15.9. The van der Waals surface area contributed by atoms with Crippen LogP contribution in [0.1, 0.15) is 29.0 Å². The highest BCUT2D eigenvalue weighted by atomic mass is 16.3. The van der Waals surface area contributed by atoms with Crippen LogP contribution in [-0.4, -0.2) is 10.4 Å². The van der Waals surface area contributed by atoms with E-state index in [0.29, 0.717) is 0 Å². The average molecular weight is 735 g/mol. The maximum absolute atomic E-state index is 6.81. The molecule has 0 fully saturated rings. The van der Waals surface area contributed by atoms with Crippen molar-refractivity contribution in [3.63, 3.8) is 0 Å². The summed E-state index contributed by atoms with van der Waals surface area (Å²) in [6, 6.07) is 63.7. The zero-order valence-electron chi connectivity index (χ0n) is 30.7. The Morgan fingerprint density at radius 1 is 0.474 bits per heavy atom. The Labute approximate surface area is 327 Å². The fourth-order valence-corrected chi connectivity index (χ4v) is 8.90. The lowest BCUT2D eigenvalue weighted by Crippen LogP contribution is -2.45. The first-order valence-electron chi connectivity index (χ1n) is 19.4. The highest BCUT2D eigenvalue weighted by Gasteiger charge is 2.27. The molecule has 57 heavy (non-hydrogen) atoms. The van der Waals surface area contributed by atoms with Gasteiger partial charge in [0.2, 0.25) is 0 Å². The Kier molecular flexibility index (Phi) is 7.03. The predicted molar refractivity (Wildman–Crippen MR) is 232 cm³/mol. The van der Waals surface area contributed by atoms with E-state index in [9.17, 15) is 0 Å². The standard InChI is InChI=1S/C51H34N4O2/c1-3-14-31(15-4-1)49-52-50(32-16-5-2-6-17-32)54-51(53-49)39-23-12-21-37-40-30-33(28-29-44(40)56-48(37)39)34-20-11-22-38-46-43(26-13-27-45(46)57-47(34)38)55-41-24-9-7-18-35(41)36-19-8-10-25-42(36)55/h1-30,49-50,52H,(H,53,54). The van der Waals surface area contributed by atoms with E-state index in [4.69, 9.17) is 13.8 Å². The van der Waals surface area contributed by atoms with Gasteiger partial charge in [-0.25, -0.2) is 4.99 Å². The lowest BCUT2D eigenvalue weighted by atomic mass is 9.99. The van der Waals surface area contributed by atoms with E-state index in [0.717, 1.165) is 83.2 Å². The van der Waals surface area contributed by atoms with Crippen LogP contribution in [0.25, 0.3) is 82.5 Å². The van der Waals surface area contributed by atoms with Crippen molar-refractivity contribution in [1.82, 2.24) is 15.2 Å². The summed E-state index contributed by atoms with van der Waals surface area (Å²) >= 11 is 0. The first-order valence-corrected chi connectivity index (χ1v) is 19.4. The summed E-state index contributed by atoms with van der Waals surface area (Å²) in [7, 11) is 0. The molecule has 0 amide bonds. The van der Waals surface area contributed by atoms with Crippen LogP contribution in [0.15, 0.2) is 196 Å². The second-order valence-corrected chi connectivity index (χ2v) is 14.7. The number of nitrogens with zero attached hydrogens (tertiary/aromatic N) is 2. The van der Waals surface area contributed by atoms with Crippen LogP contribution in [-0.2, 0) is 0 Å². The number of amidine groups is 1. The molecule has 6 heteroatoms. The van der Waals surface area contributed by atoms with E-state index < -0.39 is 0 Å². The van der Waals surface area contributed by atoms with Crippen molar-refractivity contribution in [3.8, 4) is 16.8 Å². The normalized spacial score (nSPS) is 15.9. The number of benzene rings is 8. The average Bonchev–Trinajstić information content (AvgIpc) is 3.96. The zero-order chi connectivity index (χ0) is 37.5. The third-order valence-corrected chi connectivity index (χ3v) is 11.5. The summed E-state index contributed by atoms with van der Waals surface area (Å²) in [6.45, 7) is 0. The molecule has 1 aliphatic rings. The third-order valence-electron chi connectivity index (χ3n) is 11.5. The van der Waals surface area contributed by atoms with Crippen molar-refractivity contribution < 1.29 is 8.83 Å². The molecule has 8 aromatic carbocycles. The fourth-order valence-electron chi connectivity index (χ4n) is 8.90. The molecule has 2 unspecified atom stereocenters.